The lowest BCUT2D eigenvalue weighted by Gasteiger charge is -2.10. The molecular weight excluding hydrogens is 258 g/mol. The maximum Gasteiger partial charge on any atom is 0.161 e. The third-order valence-corrected chi connectivity index (χ3v) is 3.34. The summed E-state index contributed by atoms with van der Waals surface area (Å²) in [5.41, 5.74) is 4.69. The smallest absolute Gasteiger partial charge is 0.161 e. The average molecular weight is 271 g/mol. The van der Waals surface area contributed by atoms with E-state index in [1.54, 1.807) is 35.0 Å². The predicted octanol–water partition coefficient (Wildman–Crippen LogP) is 2.87. The summed E-state index contributed by atoms with van der Waals surface area (Å²) in [6.07, 6.45) is 0.789. The highest BCUT2D eigenvalue weighted by molar-refractivity contribution is 7.07. The molecule has 0 bridgehead atoms. The lowest BCUT2D eigenvalue weighted by molar-refractivity contribution is 0.101. The second kappa shape index (κ2) is 6.12. The van der Waals surface area contributed by atoms with Gasteiger partial charge in [0.1, 0.15) is 0 Å². The van der Waals surface area contributed by atoms with Crippen LogP contribution in [0.4, 0.5) is 5.69 Å². The van der Waals surface area contributed by atoms with E-state index in [0.29, 0.717) is 23.4 Å². The zero-order valence-electron chi connectivity index (χ0n) is 10.5. The Morgan fingerprint density at radius 3 is 3.00 bits per heavy atom. The number of nitrogens with zero attached hydrogens (tertiary/aromatic N) is 2. The van der Waals surface area contributed by atoms with Crippen molar-refractivity contribution in [3.05, 3.63) is 45.9 Å². The van der Waals surface area contributed by atoms with Gasteiger partial charge < -0.3 is 5.32 Å². The van der Waals surface area contributed by atoms with Gasteiger partial charge in [-0.1, -0.05) is 0 Å². The summed E-state index contributed by atoms with van der Waals surface area (Å²) in [6.45, 7) is 2.20. The zero-order valence-corrected chi connectivity index (χ0v) is 11.3. The maximum atomic E-state index is 11.5. The van der Waals surface area contributed by atoms with Crippen LogP contribution in [0.2, 0.25) is 0 Å². The molecule has 4 nitrogen and oxygen atoms in total. The molecule has 1 N–H and O–H groups in total. The number of hydrogen-bond donors (Lipinski definition) is 1. The summed E-state index contributed by atoms with van der Waals surface area (Å²) in [5, 5.41) is 14.1. The highest BCUT2D eigenvalue weighted by Gasteiger charge is 2.08. The third-order valence-electron chi connectivity index (χ3n) is 2.71. The van der Waals surface area contributed by atoms with E-state index in [-0.39, 0.29) is 5.78 Å². The largest absolute Gasteiger partial charge is 0.384 e. The van der Waals surface area contributed by atoms with Crippen molar-refractivity contribution in [3.8, 4) is 6.07 Å². The first-order chi connectivity index (χ1) is 9.20. The van der Waals surface area contributed by atoms with Crippen LogP contribution in [0.3, 0.4) is 0 Å². The van der Waals surface area contributed by atoms with Crippen LogP contribution in [0.15, 0.2) is 29.1 Å². The summed E-state index contributed by atoms with van der Waals surface area (Å²) in [7, 11) is 0. The normalized spacial score (nSPS) is 9.89. The molecule has 0 aliphatic heterocycles. The first-order valence-electron chi connectivity index (χ1n) is 5.86. The van der Waals surface area contributed by atoms with Crippen LogP contribution in [0.25, 0.3) is 0 Å². The van der Waals surface area contributed by atoms with Crippen molar-refractivity contribution >= 4 is 22.8 Å². The Morgan fingerprint density at radius 1 is 1.53 bits per heavy atom. The number of thiazole rings is 1. The second-order valence-electron chi connectivity index (χ2n) is 4.08. The van der Waals surface area contributed by atoms with Gasteiger partial charge in [-0.15, -0.1) is 11.3 Å². The van der Waals surface area contributed by atoms with Gasteiger partial charge in [0.25, 0.3) is 0 Å². The minimum absolute atomic E-state index is 0.0133. The molecule has 0 amide bonds. The molecule has 96 valence electrons. The number of carbonyl (C=O) groups is 1. The van der Waals surface area contributed by atoms with E-state index in [9.17, 15) is 4.79 Å². The van der Waals surface area contributed by atoms with Crippen molar-refractivity contribution in [3.63, 3.8) is 0 Å². The number of anilines is 1. The molecule has 2 rings (SSSR count). The Kier molecular flexibility index (Phi) is 4.26. The molecule has 2 aromatic rings. The van der Waals surface area contributed by atoms with Gasteiger partial charge in [0.05, 0.1) is 22.8 Å². The monoisotopic (exact) mass is 271 g/mol. The van der Waals surface area contributed by atoms with E-state index in [1.807, 2.05) is 5.38 Å². The number of rotatable bonds is 5. The molecule has 0 saturated carbocycles. The number of nitriles is 1. The fraction of sp³-hybridized carbons (Fsp3) is 0.214. The van der Waals surface area contributed by atoms with Crippen molar-refractivity contribution < 1.29 is 4.79 Å². The molecule has 19 heavy (non-hydrogen) atoms. The lowest BCUT2D eigenvalue weighted by Crippen LogP contribution is -2.09. The van der Waals surface area contributed by atoms with Crippen molar-refractivity contribution in [1.82, 2.24) is 4.98 Å². The molecule has 1 heterocycles. The van der Waals surface area contributed by atoms with Crippen LogP contribution in [0, 0.1) is 11.3 Å². The van der Waals surface area contributed by atoms with Crippen LogP contribution < -0.4 is 5.32 Å². The van der Waals surface area contributed by atoms with E-state index in [2.05, 4.69) is 16.4 Å². The van der Waals surface area contributed by atoms with Crippen LogP contribution >= 0.6 is 11.3 Å². The van der Waals surface area contributed by atoms with Crippen molar-refractivity contribution in [2.24, 2.45) is 0 Å². The first kappa shape index (κ1) is 13.2. The highest BCUT2D eigenvalue weighted by Crippen LogP contribution is 2.18. The quantitative estimate of drug-likeness (QED) is 0.849. The van der Waals surface area contributed by atoms with Crippen molar-refractivity contribution in [1.29, 1.82) is 5.26 Å². The molecule has 0 saturated heterocycles. The summed E-state index contributed by atoms with van der Waals surface area (Å²) in [5.74, 6) is -0.0133. The fourth-order valence-corrected chi connectivity index (χ4v) is 2.35. The molecule has 0 aliphatic rings. The van der Waals surface area contributed by atoms with Gasteiger partial charge >= 0.3 is 0 Å². The topological polar surface area (TPSA) is 65.8 Å². The molecule has 5 heteroatoms. The number of benzene rings is 1. The van der Waals surface area contributed by atoms with Crippen LogP contribution in [-0.4, -0.2) is 17.3 Å². The van der Waals surface area contributed by atoms with E-state index in [0.717, 1.165) is 12.1 Å². The number of Topliss-reactive ketones (excluding diaryl/α,β-unsaturated/α-hetero) is 1. The van der Waals surface area contributed by atoms with E-state index in [1.165, 1.54) is 6.92 Å². The molecule has 0 atom stereocenters. The lowest BCUT2D eigenvalue weighted by atomic mass is 10.1. The number of ketones is 1. The minimum atomic E-state index is -0.0133. The fourth-order valence-electron chi connectivity index (χ4n) is 1.75. The summed E-state index contributed by atoms with van der Waals surface area (Å²) in [4.78, 5) is 15.7. The molecule has 0 radical (unpaired) electrons. The van der Waals surface area contributed by atoms with Crippen molar-refractivity contribution in [2.45, 2.75) is 13.3 Å². The Labute approximate surface area is 115 Å². The van der Waals surface area contributed by atoms with Gasteiger partial charge in [-0.3, -0.25) is 4.79 Å². The SMILES string of the molecule is CC(=O)c1ccc(C#N)cc1NCCc1cscn1. The van der Waals surface area contributed by atoms with Gasteiger partial charge in [-0.05, 0) is 25.1 Å². The standard InChI is InChI=1S/C14H13N3OS/c1-10(18)13-3-2-11(7-15)6-14(13)16-5-4-12-8-19-9-17-12/h2-3,6,8-9,16H,4-5H2,1H3. The Balaban J connectivity index is 2.09. The Hall–Kier alpha value is -2.19. The molecule has 0 spiro atoms. The summed E-state index contributed by atoms with van der Waals surface area (Å²) in [6, 6.07) is 7.12. The van der Waals surface area contributed by atoms with Crippen LogP contribution in [0.1, 0.15) is 28.5 Å². The summed E-state index contributed by atoms with van der Waals surface area (Å²) >= 11 is 1.56. The average Bonchev–Trinajstić information content (AvgIpc) is 2.91. The highest BCUT2D eigenvalue weighted by atomic mass is 32.1. The molecule has 0 fully saturated rings. The van der Waals surface area contributed by atoms with Gasteiger partial charge in [0.15, 0.2) is 5.78 Å². The maximum absolute atomic E-state index is 11.5. The van der Waals surface area contributed by atoms with Crippen molar-refractivity contribution in [2.75, 3.05) is 11.9 Å². The van der Waals surface area contributed by atoms with Gasteiger partial charge in [0.2, 0.25) is 0 Å². The number of aromatic nitrogens is 1. The molecule has 1 aromatic carbocycles. The van der Waals surface area contributed by atoms with E-state index in [4.69, 9.17) is 5.26 Å². The first-order valence-corrected chi connectivity index (χ1v) is 6.81. The minimum Gasteiger partial charge on any atom is -0.384 e. The van der Waals surface area contributed by atoms with Gasteiger partial charge in [-0.25, -0.2) is 4.98 Å². The predicted molar refractivity (Wildman–Crippen MR) is 75.5 cm³/mol. The van der Waals surface area contributed by atoms with Crippen LogP contribution in [0.5, 0.6) is 0 Å². The second-order valence-corrected chi connectivity index (χ2v) is 4.80. The number of nitrogens with one attached hydrogen (secondary N) is 1. The third kappa shape index (κ3) is 3.39. The molecule has 1 aromatic heterocycles. The molecule has 0 aliphatic carbocycles. The van der Waals surface area contributed by atoms with E-state index < -0.39 is 0 Å². The van der Waals surface area contributed by atoms with Gasteiger partial charge in [-0.2, -0.15) is 5.26 Å². The Bertz CT molecular complexity index is 614. The van der Waals surface area contributed by atoms with Crippen LogP contribution in [-0.2, 0) is 6.42 Å². The van der Waals surface area contributed by atoms with Gasteiger partial charge in [0, 0.05) is 29.6 Å². The number of carbonyl (C=O) groups excluding carboxylic acids is 1. The zero-order chi connectivity index (χ0) is 13.7. The molecule has 0 unspecified atom stereocenters. The summed E-state index contributed by atoms with van der Waals surface area (Å²) < 4.78 is 0. The number of hydrogen-bond acceptors (Lipinski definition) is 5. The Morgan fingerprint density at radius 2 is 2.37 bits per heavy atom. The molecular formula is C14H13N3OS. The van der Waals surface area contributed by atoms with E-state index >= 15 is 0 Å².